The van der Waals surface area contributed by atoms with E-state index in [2.05, 4.69) is 31.8 Å². The molecule has 1 N–H and O–H groups in total. The maximum absolute atomic E-state index is 14.2. The topological polar surface area (TPSA) is 76.1 Å². The van der Waals surface area contributed by atoms with Gasteiger partial charge in [-0.3, -0.25) is 4.79 Å². The van der Waals surface area contributed by atoms with Gasteiger partial charge < -0.3 is 19.5 Å². The molecule has 3 atom stereocenters. The lowest BCUT2D eigenvalue weighted by Crippen LogP contribution is -2.48. The van der Waals surface area contributed by atoms with Crippen molar-refractivity contribution < 1.29 is 24.2 Å². The Hall–Kier alpha value is -2.14. The fourth-order valence-corrected chi connectivity index (χ4v) is 6.51. The van der Waals surface area contributed by atoms with Gasteiger partial charge >= 0.3 is 5.97 Å². The van der Waals surface area contributed by atoms with Crippen molar-refractivity contribution >= 4 is 28.9 Å². The molecule has 0 bridgehead atoms. The first-order valence-corrected chi connectivity index (χ1v) is 14.5. The standard InChI is InChI=1S/C30H41NO5S/c1-19-6-11-25(20(2)16-19)28(32)31(21-7-9-22(10-8-21)36-23-13-15-35-18-23)26-17-24(12-14-30(3,4)5)37-27(26)29(33)34/h6,17,20-23,25H,7-11,13,15-16,18H2,1-5H3,(H,33,34)/t20-,21?,22?,23-,25?/m0/s1. The summed E-state index contributed by atoms with van der Waals surface area (Å²) in [6, 6.07) is 1.78. The van der Waals surface area contributed by atoms with Crippen LogP contribution in [0.15, 0.2) is 17.7 Å². The van der Waals surface area contributed by atoms with Crippen molar-refractivity contribution in [1.82, 2.24) is 0 Å². The smallest absolute Gasteiger partial charge is 0.348 e. The van der Waals surface area contributed by atoms with Crippen LogP contribution in [0.25, 0.3) is 0 Å². The summed E-state index contributed by atoms with van der Waals surface area (Å²) < 4.78 is 11.7. The maximum Gasteiger partial charge on any atom is 0.348 e. The van der Waals surface area contributed by atoms with Crippen molar-refractivity contribution in [3.8, 4) is 11.8 Å². The first-order chi connectivity index (χ1) is 17.5. The lowest BCUT2D eigenvalue weighted by atomic mass is 9.79. The second kappa shape index (κ2) is 11.7. The number of rotatable bonds is 6. The number of thiophene rings is 1. The molecule has 7 heteroatoms. The van der Waals surface area contributed by atoms with Crippen LogP contribution in [0.2, 0.25) is 0 Å². The van der Waals surface area contributed by atoms with Gasteiger partial charge in [0.1, 0.15) is 4.88 Å². The molecule has 6 nitrogen and oxygen atoms in total. The van der Waals surface area contributed by atoms with Gasteiger partial charge in [-0.15, -0.1) is 11.3 Å². The Balaban J connectivity index is 1.63. The second-order valence-corrected chi connectivity index (χ2v) is 13.0. The minimum Gasteiger partial charge on any atom is -0.477 e. The van der Waals surface area contributed by atoms with E-state index in [-0.39, 0.29) is 46.3 Å². The molecule has 1 saturated heterocycles. The molecule has 0 spiro atoms. The first kappa shape index (κ1) is 27.9. The van der Waals surface area contributed by atoms with Crippen LogP contribution in [-0.4, -0.2) is 48.4 Å². The third kappa shape index (κ3) is 7.04. The van der Waals surface area contributed by atoms with E-state index < -0.39 is 5.97 Å². The summed E-state index contributed by atoms with van der Waals surface area (Å²) in [5.41, 5.74) is 1.62. The average Bonchev–Trinajstić information content (AvgIpc) is 3.49. The fourth-order valence-electron chi connectivity index (χ4n) is 5.67. The number of hydrogen-bond acceptors (Lipinski definition) is 5. The van der Waals surface area contributed by atoms with Crippen LogP contribution in [0.1, 0.15) is 94.1 Å². The lowest BCUT2D eigenvalue weighted by molar-refractivity contribution is -0.124. The van der Waals surface area contributed by atoms with Crippen molar-refractivity contribution in [3.63, 3.8) is 0 Å². The molecule has 2 aliphatic carbocycles. The molecule has 4 rings (SSSR count). The molecule has 1 aromatic heterocycles. The van der Waals surface area contributed by atoms with E-state index in [1.165, 1.54) is 16.9 Å². The third-order valence-corrected chi connectivity index (χ3v) is 8.64. The molecule has 1 saturated carbocycles. The summed E-state index contributed by atoms with van der Waals surface area (Å²) >= 11 is 1.17. The van der Waals surface area contributed by atoms with Crippen molar-refractivity contribution in [2.75, 3.05) is 18.1 Å². The Labute approximate surface area is 225 Å². The monoisotopic (exact) mass is 527 g/mol. The molecule has 1 aliphatic heterocycles. The summed E-state index contributed by atoms with van der Waals surface area (Å²) in [5.74, 6) is 5.47. The van der Waals surface area contributed by atoms with E-state index in [1.807, 2.05) is 31.7 Å². The van der Waals surface area contributed by atoms with Crippen LogP contribution in [-0.2, 0) is 14.3 Å². The summed E-state index contributed by atoms with van der Waals surface area (Å²) in [4.78, 5) is 29.3. The zero-order chi connectivity index (χ0) is 26.7. The highest BCUT2D eigenvalue weighted by Crippen LogP contribution is 2.39. The number of carboxylic acid groups (broad SMARTS) is 1. The number of nitrogens with zero attached hydrogens (tertiary/aromatic N) is 1. The van der Waals surface area contributed by atoms with Crippen LogP contribution >= 0.6 is 11.3 Å². The number of ether oxygens (including phenoxy) is 2. The number of carbonyl (C=O) groups excluding carboxylic acids is 1. The van der Waals surface area contributed by atoms with Gasteiger partial charge in [0.25, 0.3) is 0 Å². The van der Waals surface area contributed by atoms with Gasteiger partial charge in [0.15, 0.2) is 0 Å². The number of amides is 1. The molecular weight excluding hydrogens is 486 g/mol. The molecule has 0 aromatic carbocycles. The van der Waals surface area contributed by atoms with Crippen LogP contribution in [0.4, 0.5) is 5.69 Å². The van der Waals surface area contributed by atoms with E-state index in [0.29, 0.717) is 23.6 Å². The summed E-state index contributed by atoms with van der Waals surface area (Å²) in [6.07, 6.45) is 8.31. The predicted molar refractivity (Wildman–Crippen MR) is 147 cm³/mol. The van der Waals surface area contributed by atoms with Gasteiger partial charge in [0.2, 0.25) is 5.91 Å². The van der Waals surface area contributed by atoms with Crippen LogP contribution < -0.4 is 4.90 Å². The second-order valence-electron chi connectivity index (χ2n) is 12.0. The van der Waals surface area contributed by atoms with Crippen LogP contribution in [0, 0.1) is 29.1 Å². The van der Waals surface area contributed by atoms with Crippen molar-refractivity contribution in [3.05, 3.63) is 27.5 Å². The predicted octanol–water partition coefficient (Wildman–Crippen LogP) is 6.29. The van der Waals surface area contributed by atoms with Gasteiger partial charge in [-0.2, -0.15) is 0 Å². The SMILES string of the molecule is CC1=CCC(C(=O)N(c2cc(C#CC(C)(C)C)sc2C(=O)O)C2CCC(O[C@H]3CCOC3)CC2)[C@@H](C)C1. The Kier molecular flexibility index (Phi) is 8.83. The fraction of sp³-hybridized carbons (Fsp3) is 0.667. The number of carbonyl (C=O) groups is 2. The maximum atomic E-state index is 14.2. The normalized spacial score (nSPS) is 28.2. The molecule has 2 heterocycles. The molecule has 37 heavy (non-hydrogen) atoms. The molecule has 0 radical (unpaired) electrons. The average molecular weight is 528 g/mol. The molecular formula is C30H41NO5S. The van der Waals surface area contributed by atoms with Gasteiger partial charge in [-0.25, -0.2) is 4.79 Å². The van der Waals surface area contributed by atoms with Crippen LogP contribution in [0.5, 0.6) is 0 Å². The van der Waals surface area contributed by atoms with Gasteiger partial charge in [-0.1, -0.05) is 30.4 Å². The summed E-state index contributed by atoms with van der Waals surface area (Å²) in [5, 5.41) is 10.1. The molecule has 1 amide bonds. The largest absolute Gasteiger partial charge is 0.477 e. The Morgan fingerprint density at radius 2 is 1.89 bits per heavy atom. The van der Waals surface area contributed by atoms with Gasteiger partial charge in [0, 0.05) is 24.0 Å². The molecule has 1 unspecified atom stereocenters. The Bertz CT molecular complexity index is 1070. The van der Waals surface area contributed by atoms with Gasteiger partial charge in [0.05, 0.1) is 29.4 Å². The minimum atomic E-state index is -1.01. The van der Waals surface area contributed by atoms with Crippen molar-refractivity contribution in [1.29, 1.82) is 0 Å². The van der Waals surface area contributed by atoms with Crippen molar-refractivity contribution in [2.45, 2.75) is 97.8 Å². The number of allylic oxidation sites excluding steroid dienone is 2. The highest BCUT2D eigenvalue weighted by Gasteiger charge is 2.39. The molecule has 2 fully saturated rings. The lowest BCUT2D eigenvalue weighted by Gasteiger charge is -2.40. The summed E-state index contributed by atoms with van der Waals surface area (Å²) in [7, 11) is 0. The zero-order valence-corrected chi connectivity index (χ0v) is 23.7. The highest BCUT2D eigenvalue weighted by atomic mass is 32.1. The Morgan fingerprint density at radius 3 is 2.49 bits per heavy atom. The quantitative estimate of drug-likeness (QED) is 0.348. The first-order valence-electron chi connectivity index (χ1n) is 13.6. The number of anilines is 1. The van der Waals surface area contributed by atoms with Crippen molar-refractivity contribution in [2.24, 2.45) is 17.3 Å². The van der Waals surface area contributed by atoms with Crippen LogP contribution in [0.3, 0.4) is 0 Å². The van der Waals surface area contributed by atoms with E-state index in [9.17, 15) is 14.7 Å². The molecule has 1 aromatic rings. The minimum absolute atomic E-state index is 0.0421. The molecule has 202 valence electrons. The van der Waals surface area contributed by atoms with E-state index in [4.69, 9.17) is 9.47 Å². The number of aromatic carboxylic acids is 1. The van der Waals surface area contributed by atoms with Gasteiger partial charge in [-0.05, 0) is 84.6 Å². The number of carboxylic acids is 1. The molecule has 3 aliphatic rings. The number of hydrogen-bond donors (Lipinski definition) is 1. The Morgan fingerprint density at radius 1 is 1.16 bits per heavy atom. The van der Waals surface area contributed by atoms with E-state index >= 15 is 0 Å². The summed E-state index contributed by atoms with van der Waals surface area (Å²) in [6.45, 7) is 11.8. The highest BCUT2D eigenvalue weighted by molar-refractivity contribution is 7.15. The van der Waals surface area contributed by atoms with E-state index in [1.54, 1.807) is 0 Å². The zero-order valence-electron chi connectivity index (χ0n) is 22.8. The third-order valence-electron chi connectivity index (χ3n) is 7.61. The van der Waals surface area contributed by atoms with E-state index in [0.717, 1.165) is 45.1 Å².